The number of Topliss-reactive ketones (excluding diaryl/α,β-unsaturated/α-hetero) is 1. The molecule has 4 aromatic carbocycles. The van der Waals surface area contributed by atoms with Gasteiger partial charge in [0.05, 0.1) is 10.4 Å². The van der Waals surface area contributed by atoms with Gasteiger partial charge < -0.3 is 0 Å². The molecular formula is C31H26N2OS2. The van der Waals surface area contributed by atoms with Crippen LogP contribution in [0.5, 0.6) is 0 Å². The molecule has 1 spiro atoms. The van der Waals surface area contributed by atoms with Gasteiger partial charge in [-0.2, -0.15) is 5.10 Å². The van der Waals surface area contributed by atoms with Crippen LogP contribution in [-0.2, 0) is 13.7 Å². The van der Waals surface area contributed by atoms with E-state index in [9.17, 15) is 4.79 Å². The van der Waals surface area contributed by atoms with Crippen LogP contribution in [-0.4, -0.2) is 10.8 Å². The Morgan fingerprint density at radius 1 is 0.750 bits per heavy atom. The molecule has 36 heavy (non-hydrogen) atoms. The van der Waals surface area contributed by atoms with Crippen LogP contribution in [0.3, 0.4) is 0 Å². The molecule has 0 aliphatic carbocycles. The lowest BCUT2D eigenvalue weighted by atomic mass is 9.81. The molecule has 0 saturated heterocycles. The summed E-state index contributed by atoms with van der Waals surface area (Å²) in [6.07, 6.45) is 0. The normalized spacial score (nSPS) is 19.9. The fourth-order valence-corrected chi connectivity index (χ4v) is 8.77. The van der Waals surface area contributed by atoms with E-state index in [1.165, 1.54) is 33.4 Å². The van der Waals surface area contributed by atoms with Crippen molar-refractivity contribution in [3.05, 3.63) is 137 Å². The number of rotatable bonds is 4. The third-order valence-corrected chi connectivity index (χ3v) is 10.2. The lowest BCUT2D eigenvalue weighted by Gasteiger charge is -2.37. The molecule has 2 aliphatic heterocycles. The SMILES string of the molecule is CC(=O)C1=NN(c2ccccc2)C2(S1)SC(c1cccc(C)c1)(c1cccc(C)c1)c1ccccc12. The first-order valence-electron chi connectivity index (χ1n) is 12.0. The zero-order chi connectivity index (χ0) is 24.9. The van der Waals surface area contributed by atoms with Crippen molar-refractivity contribution in [1.29, 1.82) is 0 Å². The highest BCUT2D eigenvalue weighted by atomic mass is 32.2. The van der Waals surface area contributed by atoms with Crippen molar-refractivity contribution in [2.45, 2.75) is 29.7 Å². The van der Waals surface area contributed by atoms with Crippen molar-refractivity contribution >= 4 is 40.0 Å². The minimum Gasteiger partial charge on any atom is -0.292 e. The molecule has 0 aromatic heterocycles. The van der Waals surface area contributed by atoms with Gasteiger partial charge in [0.25, 0.3) is 0 Å². The molecule has 178 valence electrons. The van der Waals surface area contributed by atoms with Crippen molar-refractivity contribution in [1.82, 2.24) is 0 Å². The van der Waals surface area contributed by atoms with E-state index in [1.54, 1.807) is 18.7 Å². The van der Waals surface area contributed by atoms with Gasteiger partial charge in [0.15, 0.2) is 15.0 Å². The summed E-state index contributed by atoms with van der Waals surface area (Å²) in [5.74, 6) is -0.0144. The standard InChI is InChI=1S/C31H26N2OS2/c1-21-11-9-13-24(19-21)30(25-14-10-12-22(2)20-25)27-17-7-8-18-28(27)31(36-30)33(26-15-5-4-6-16-26)32-29(35-31)23(3)34/h4-20H,1-3H3. The molecule has 6 rings (SSSR count). The number of para-hydroxylation sites is 1. The van der Waals surface area contributed by atoms with Crippen LogP contribution in [0.25, 0.3) is 0 Å². The molecule has 0 amide bonds. The van der Waals surface area contributed by atoms with Crippen LogP contribution in [0.15, 0.2) is 108 Å². The van der Waals surface area contributed by atoms with Gasteiger partial charge in [0.1, 0.15) is 0 Å². The molecule has 3 nitrogen and oxygen atoms in total. The Balaban J connectivity index is 1.67. The first-order valence-corrected chi connectivity index (χ1v) is 13.7. The molecule has 5 heteroatoms. The Labute approximate surface area is 220 Å². The highest BCUT2D eigenvalue weighted by molar-refractivity contribution is 8.27. The summed E-state index contributed by atoms with van der Waals surface area (Å²) < 4.78 is -1.11. The first kappa shape index (κ1) is 23.1. The maximum absolute atomic E-state index is 12.7. The zero-order valence-corrected chi connectivity index (χ0v) is 22.1. The van der Waals surface area contributed by atoms with Crippen molar-refractivity contribution in [3.63, 3.8) is 0 Å². The van der Waals surface area contributed by atoms with Crippen molar-refractivity contribution in [3.8, 4) is 0 Å². The Morgan fingerprint density at radius 3 is 1.92 bits per heavy atom. The Bertz CT molecular complexity index is 1470. The third-order valence-electron chi connectivity index (χ3n) is 6.79. The van der Waals surface area contributed by atoms with E-state index in [4.69, 9.17) is 5.10 Å². The highest BCUT2D eigenvalue weighted by Crippen LogP contribution is 2.70. The van der Waals surface area contributed by atoms with E-state index in [-0.39, 0.29) is 5.78 Å². The molecular weight excluding hydrogens is 480 g/mol. The number of benzene rings is 4. The Kier molecular flexibility index (Phi) is 5.58. The number of anilines is 1. The summed E-state index contributed by atoms with van der Waals surface area (Å²) in [5.41, 5.74) is 8.27. The van der Waals surface area contributed by atoms with Gasteiger partial charge in [0, 0.05) is 12.5 Å². The summed E-state index contributed by atoms with van der Waals surface area (Å²) >= 11 is 3.43. The van der Waals surface area contributed by atoms with Gasteiger partial charge in [0.2, 0.25) is 0 Å². The number of aryl methyl sites for hydroxylation is 2. The van der Waals surface area contributed by atoms with E-state index in [0.717, 1.165) is 5.69 Å². The molecule has 0 bridgehead atoms. The fraction of sp³-hybridized carbons (Fsp3) is 0.161. The van der Waals surface area contributed by atoms with Crippen LogP contribution in [0.1, 0.15) is 40.3 Å². The van der Waals surface area contributed by atoms with Crippen molar-refractivity contribution in [2.24, 2.45) is 5.10 Å². The number of carbonyl (C=O) groups excluding carboxylic acids is 1. The number of hydrogen-bond acceptors (Lipinski definition) is 5. The van der Waals surface area contributed by atoms with Crippen molar-refractivity contribution < 1.29 is 4.79 Å². The second kappa shape index (κ2) is 8.68. The highest BCUT2D eigenvalue weighted by Gasteiger charge is 2.61. The topological polar surface area (TPSA) is 32.7 Å². The first-order chi connectivity index (χ1) is 17.4. The summed E-state index contributed by atoms with van der Waals surface area (Å²) in [5, 5.41) is 7.52. The van der Waals surface area contributed by atoms with Crippen LogP contribution in [0.4, 0.5) is 5.69 Å². The fourth-order valence-electron chi connectivity index (χ4n) is 5.23. The van der Waals surface area contributed by atoms with Gasteiger partial charge in [-0.1, -0.05) is 126 Å². The Hall–Kier alpha value is -3.28. The van der Waals surface area contributed by atoms with E-state index in [2.05, 4.69) is 104 Å². The third kappa shape index (κ3) is 3.45. The van der Waals surface area contributed by atoms with Gasteiger partial charge in [-0.15, -0.1) is 0 Å². The smallest absolute Gasteiger partial charge is 0.187 e. The number of thioether (sulfide) groups is 2. The summed E-state index contributed by atoms with van der Waals surface area (Å²) in [6, 6.07) is 36.5. The second-order valence-corrected chi connectivity index (χ2v) is 12.2. The van der Waals surface area contributed by atoms with E-state index in [0.29, 0.717) is 5.04 Å². The minimum absolute atomic E-state index is 0.0144. The van der Waals surface area contributed by atoms with Crippen LogP contribution in [0.2, 0.25) is 0 Å². The summed E-state index contributed by atoms with van der Waals surface area (Å²) in [6.45, 7) is 5.90. The molecule has 1 unspecified atom stereocenters. The number of nitrogens with zero attached hydrogens (tertiary/aromatic N) is 2. The summed E-state index contributed by atoms with van der Waals surface area (Å²) in [4.78, 5) is 12.7. The van der Waals surface area contributed by atoms with Gasteiger partial charge in [-0.3, -0.25) is 4.79 Å². The molecule has 0 fully saturated rings. The molecule has 1 atom stereocenters. The maximum Gasteiger partial charge on any atom is 0.187 e. The quantitative estimate of drug-likeness (QED) is 0.285. The molecule has 2 heterocycles. The van der Waals surface area contributed by atoms with Crippen LogP contribution < -0.4 is 5.01 Å². The van der Waals surface area contributed by atoms with E-state index in [1.807, 2.05) is 30.0 Å². The number of fused-ring (bicyclic) bond motifs is 2. The summed E-state index contributed by atoms with van der Waals surface area (Å²) in [7, 11) is 0. The predicted octanol–water partition coefficient (Wildman–Crippen LogP) is 7.61. The largest absolute Gasteiger partial charge is 0.292 e. The van der Waals surface area contributed by atoms with E-state index < -0.39 is 8.95 Å². The number of carbonyl (C=O) groups is 1. The van der Waals surface area contributed by atoms with Crippen LogP contribution >= 0.6 is 23.5 Å². The average Bonchev–Trinajstić information content (AvgIpc) is 3.42. The number of ketones is 1. The average molecular weight is 507 g/mol. The zero-order valence-electron chi connectivity index (χ0n) is 20.4. The Morgan fingerprint density at radius 2 is 1.33 bits per heavy atom. The van der Waals surface area contributed by atoms with Crippen LogP contribution in [0, 0.1) is 13.8 Å². The molecule has 0 N–H and O–H groups in total. The lowest BCUT2D eigenvalue weighted by molar-refractivity contribution is -0.110. The molecule has 0 saturated carbocycles. The molecule has 2 aliphatic rings. The maximum atomic E-state index is 12.7. The molecule has 4 aromatic rings. The van der Waals surface area contributed by atoms with Gasteiger partial charge in [-0.05, 0) is 42.7 Å². The lowest BCUT2D eigenvalue weighted by Crippen LogP contribution is -2.34. The van der Waals surface area contributed by atoms with Gasteiger partial charge >= 0.3 is 0 Å². The second-order valence-electron chi connectivity index (χ2n) is 9.36. The predicted molar refractivity (Wildman–Crippen MR) is 153 cm³/mol. The minimum atomic E-state index is -0.632. The van der Waals surface area contributed by atoms with Gasteiger partial charge in [-0.25, -0.2) is 5.01 Å². The number of hydrazone groups is 1. The monoisotopic (exact) mass is 506 g/mol. The van der Waals surface area contributed by atoms with E-state index >= 15 is 0 Å². The molecule has 0 radical (unpaired) electrons. The van der Waals surface area contributed by atoms with Crippen molar-refractivity contribution in [2.75, 3.05) is 5.01 Å². The number of hydrogen-bond donors (Lipinski definition) is 0.